The van der Waals surface area contributed by atoms with E-state index < -0.39 is 61.8 Å². The van der Waals surface area contributed by atoms with Gasteiger partial charge in [-0.3, -0.25) is 10.3 Å². The highest BCUT2D eigenvalue weighted by Gasteiger charge is 2.61. The van der Waals surface area contributed by atoms with Gasteiger partial charge in [-0.25, -0.2) is 31.5 Å². The number of amidine groups is 1. The number of hydrogen-bond acceptors (Lipinski definition) is 7. The van der Waals surface area contributed by atoms with Gasteiger partial charge in [-0.15, -0.1) is 0 Å². The predicted octanol–water partition coefficient (Wildman–Crippen LogP) is 3.39. The molecule has 4 heterocycles. The van der Waals surface area contributed by atoms with Crippen molar-refractivity contribution in [2.45, 2.75) is 68.2 Å². The van der Waals surface area contributed by atoms with Crippen LogP contribution in [0.3, 0.4) is 0 Å². The second kappa shape index (κ2) is 6.33. The maximum absolute atomic E-state index is 15.0. The quantitative estimate of drug-likeness (QED) is 0.619. The van der Waals surface area contributed by atoms with Gasteiger partial charge in [-0.2, -0.15) is 0 Å². The molecule has 1 aromatic heterocycles. The van der Waals surface area contributed by atoms with Crippen molar-refractivity contribution in [1.29, 1.82) is 0 Å². The molecule has 1 aromatic rings. The molecule has 8 nitrogen and oxygen atoms in total. The number of anilines is 1. The average Bonchev–Trinajstić information content (AvgIpc) is 2.63. The van der Waals surface area contributed by atoms with Crippen molar-refractivity contribution in [3.63, 3.8) is 0 Å². The third-order valence-corrected chi connectivity index (χ3v) is 9.52. The molecule has 31 heavy (non-hydrogen) atoms. The van der Waals surface area contributed by atoms with E-state index in [0.29, 0.717) is 0 Å². The second-order valence-corrected chi connectivity index (χ2v) is 12.2. The first-order chi connectivity index (χ1) is 14.1. The van der Waals surface area contributed by atoms with Gasteiger partial charge >= 0.3 is 6.09 Å². The third-order valence-electron chi connectivity index (χ3n) is 5.95. The fourth-order valence-corrected chi connectivity index (χ4v) is 7.50. The fourth-order valence-electron chi connectivity index (χ4n) is 4.27. The summed E-state index contributed by atoms with van der Waals surface area (Å²) in [7, 11) is -3.46. The van der Waals surface area contributed by atoms with Crippen LogP contribution in [0.15, 0.2) is 21.5 Å². The molecule has 170 valence electrons. The molecule has 1 amide bonds. The number of rotatable bonds is 0. The number of aliphatic imine (C=N–C) groups is 1. The molecule has 3 atom stereocenters. The Kier molecular flexibility index (Phi) is 4.46. The Morgan fingerprint density at radius 1 is 1.19 bits per heavy atom. The number of carbonyl (C=O) groups excluding carboxylic acids is 1. The van der Waals surface area contributed by atoms with Crippen LogP contribution >= 0.6 is 0 Å². The number of halogens is 3. The van der Waals surface area contributed by atoms with Crippen molar-refractivity contribution in [3.05, 3.63) is 23.6 Å². The van der Waals surface area contributed by atoms with Gasteiger partial charge in [-0.05, 0) is 46.8 Å². The number of nitrogens with one attached hydrogen (secondary N) is 2. The van der Waals surface area contributed by atoms with E-state index in [1.807, 2.05) is 0 Å². The summed E-state index contributed by atoms with van der Waals surface area (Å²) in [6.45, 7) is 6.62. The number of carbonyl (C=O) groups is 1. The van der Waals surface area contributed by atoms with E-state index in [1.165, 1.54) is 26.8 Å². The number of alkyl carbamates (subject to hydrolysis) is 1. The van der Waals surface area contributed by atoms with E-state index in [0.717, 1.165) is 6.07 Å². The van der Waals surface area contributed by atoms with Crippen LogP contribution in [0.2, 0.25) is 0 Å². The van der Waals surface area contributed by atoms with E-state index in [1.54, 1.807) is 13.8 Å². The molecule has 3 aliphatic rings. The summed E-state index contributed by atoms with van der Waals surface area (Å²) in [5.74, 6) is -3.97. The maximum atomic E-state index is 15.0. The van der Waals surface area contributed by atoms with Crippen LogP contribution in [0.25, 0.3) is 0 Å². The highest BCUT2D eigenvalue weighted by molar-refractivity contribution is 7.96. The van der Waals surface area contributed by atoms with Crippen LogP contribution < -0.4 is 10.6 Å². The SMILES string of the molecule is CC1(C)Nc2ccc(F)c(n2)[C@@]2(C)N=C(NC(=O)O1)C(C)(C)S1(=O)=NCC(F)(F)C[C@H]21. The molecule has 0 fully saturated rings. The minimum absolute atomic E-state index is 0.0838. The van der Waals surface area contributed by atoms with Gasteiger partial charge in [0.1, 0.15) is 40.0 Å². The van der Waals surface area contributed by atoms with Crippen molar-refractivity contribution in [2.75, 3.05) is 11.9 Å². The zero-order valence-corrected chi connectivity index (χ0v) is 18.6. The normalized spacial score (nSPS) is 35.0. The Balaban J connectivity index is 2.07. The standard InChI is InChI=1S/C19H24F3N5O3S/c1-16(2)14-25-15(28)30-17(3,4)26-12-7-6-10(20)13(24-12)18(5,27-14)11-8-19(21,22)9-23-31(11,16)29/h6-7,11H,8-9H2,1-5H3,(H,24,26)(H,25,27,28)/t11-,18+,31?/m1/s1. The number of pyridine rings is 1. The lowest BCUT2D eigenvalue weighted by atomic mass is 9.88. The molecule has 0 aromatic carbocycles. The van der Waals surface area contributed by atoms with Crippen molar-refractivity contribution >= 4 is 27.5 Å². The van der Waals surface area contributed by atoms with Gasteiger partial charge in [0.25, 0.3) is 5.92 Å². The molecular weight excluding hydrogens is 435 g/mol. The molecule has 3 aliphatic heterocycles. The summed E-state index contributed by atoms with van der Waals surface area (Å²) >= 11 is 0. The molecule has 0 saturated heterocycles. The van der Waals surface area contributed by atoms with E-state index in [9.17, 15) is 17.8 Å². The highest BCUT2D eigenvalue weighted by Crippen LogP contribution is 2.50. The first-order valence-electron chi connectivity index (χ1n) is 9.74. The Hall–Kier alpha value is -2.37. The highest BCUT2D eigenvalue weighted by atomic mass is 32.2. The monoisotopic (exact) mass is 459 g/mol. The van der Waals surface area contributed by atoms with Crippen molar-refractivity contribution in [3.8, 4) is 0 Å². The van der Waals surface area contributed by atoms with Crippen LogP contribution in [0, 0.1) is 5.82 Å². The Labute approximate surface area is 178 Å². The van der Waals surface area contributed by atoms with Gasteiger partial charge in [0.05, 0.1) is 15.0 Å². The minimum Gasteiger partial charge on any atom is -0.423 e. The summed E-state index contributed by atoms with van der Waals surface area (Å²) < 4.78 is 66.0. The number of aromatic nitrogens is 1. The smallest absolute Gasteiger partial charge is 0.414 e. The molecule has 12 heteroatoms. The molecule has 2 N–H and O–H groups in total. The van der Waals surface area contributed by atoms with Crippen LogP contribution in [0.5, 0.6) is 0 Å². The Bertz CT molecular complexity index is 1130. The van der Waals surface area contributed by atoms with E-state index in [-0.39, 0.29) is 17.3 Å². The van der Waals surface area contributed by atoms with Gasteiger partial charge in [0.15, 0.2) is 5.72 Å². The molecule has 4 rings (SSSR count). The zero-order valence-electron chi connectivity index (χ0n) is 17.8. The molecule has 1 unspecified atom stereocenters. The molecular formula is C19H24F3N5O3S. The number of fused-ring (bicyclic) bond motifs is 6. The number of ether oxygens (including phenoxy) is 1. The van der Waals surface area contributed by atoms with Crippen LogP contribution in [0.4, 0.5) is 23.8 Å². The molecule has 0 saturated carbocycles. The van der Waals surface area contributed by atoms with Crippen molar-refractivity contribution in [2.24, 2.45) is 9.36 Å². The number of cyclic esters (lactones) is 1. The summed E-state index contributed by atoms with van der Waals surface area (Å²) in [5, 5.41) is 4.03. The first kappa shape index (κ1) is 21.8. The van der Waals surface area contributed by atoms with Crippen LogP contribution in [-0.4, -0.2) is 49.3 Å². The van der Waals surface area contributed by atoms with Crippen molar-refractivity contribution < 1.29 is 26.9 Å². The summed E-state index contributed by atoms with van der Waals surface area (Å²) in [5.41, 5.74) is -3.29. The van der Waals surface area contributed by atoms with Gasteiger partial charge < -0.3 is 10.1 Å². The Morgan fingerprint density at radius 3 is 2.55 bits per heavy atom. The first-order valence-corrected chi connectivity index (χ1v) is 11.3. The molecule has 0 aliphatic carbocycles. The average molecular weight is 459 g/mol. The van der Waals surface area contributed by atoms with Crippen molar-refractivity contribution in [1.82, 2.24) is 10.3 Å². The van der Waals surface area contributed by atoms with E-state index >= 15 is 4.39 Å². The Morgan fingerprint density at radius 2 is 1.87 bits per heavy atom. The van der Waals surface area contributed by atoms with Gasteiger partial charge in [0, 0.05) is 6.42 Å². The largest absolute Gasteiger partial charge is 0.423 e. The minimum atomic E-state index is -3.46. The van der Waals surface area contributed by atoms with Crippen LogP contribution in [-0.2, 0) is 20.0 Å². The molecule has 0 radical (unpaired) electrons. The summed E-state index contributed by atoms with van der Waals surface area (Å²) in [6.07, 6.45) is -1.70. The lowest BCUT2D eigenvalue weighted by molar-refractivity contribution is -0.00691. The maximum Gasteiger partial charge on any atom is 0.414 e. The van der Waals surface area contributed by atoms with E-state index in [4.69, 9.17) is 4.74 Å². The fraction of sp³-hybridized carbons (Fsp3) is 0.632. The number of nitrogens with zero attached hydrogens (tertiary/aromatic N) is 3. The number of alkyl halides is 2. The molecule has 4 bridgehead atoms. The van der Waals surface area contributed by atoms with Gasteiger partial charge in [0.2, 0.25) is 0 Å². The van der Waals surface area contributed by atoms with E-state index in [2.05, 4.69) is 25.0 Å². The molecule has 0 spiro atoms. The number of hydrogen-bond donors (Lipinski definition) is 2. The third kappa shape index (κ3) is 3.26. The lowest BCUT2D eigenvalue weighted by Gasteiger charge is -2.49. The predicted molar refractivity (Wildman–Crippen MR) is 109 cm³/mol. The lowest BCUT2D eigenvalue weighted by Crippen LogP contribution is -2.64. The topological polar surface area (TPSA) is 105 Å². The summed E-state index contributed by atoms with van der Waals surface area (Å²) in [6, 6.07) is 2.45. The second-order valence-electron chi connectivity index (χ2n) is 9.20. The number of amides is 1. The summed E-state index contributed by atoms with van der Waals surface area (Å²) in [4.78, 5) is 21.4. The van der Waals surface area contributed by atoms with Crippen LogP contribution in [0.1, 0.15) is 46.7 Å². The van der Waals surface area contributed by atoms with Gasteiger partial charge in [-0.1, -0.05) is 0 Å². The zero-order chi connectivity index (χ0) is 23.0.